The van der Waals surface area contributed by atoms with E-state index >= 15 is 8.78 Å². The highest BCUT2D eigenvalue weighted by Crippen LogP contribution is 2.40. The molecule has 0 radical (unpaired) electrons. The molecule has 0 aromatic heterocycles. The monoisotopic (exact) mass is 747 g/mol. The van der Waals surface area contributed by atoms with Crippen LogP contribution in [0.2, 0.25) is 0 Å². The lowest BCUT2D eigenvalue weighted by Crippen LogP contribution is -2.60. The molecule has 9 nitrogen and oxygen atoms in total. The SMILES string of the molecule is NC1CCN(C(=O)[C@H](N(OC(=O)C(F)(F)F)S(=O)(=O)c2ccc3cc(OC4CCCC4)ccc3c2)C(F)(F)c2ccc(Br)cc2)CC1. The summed E-state index contributed by atoms with van der Waals surface area (Å²) in [5, 5.41) is 0.746. The standard InChI is InChI=1S/C31H31BrF5N3O6S/c32-22-9-7-21(8-10-22)30(33,34)27(28(41)39-15-13-23(38)14-16-39)40(46-29(42)31(35,36)37)47(43,44)26-12-6-19-17-25(11-5-20(19)18-26)45-24-3-1-2-4-24/h5-12,17-18,23-24,27H,1-4,13-16,38H2/t27-/m0/s1. The number of ether oxygens (including phenoxy) is 1. The molecular formula is C31H31BrF5N3O6S. The predicted molar refractivity (Wildman–Crippen MR) is 164 cm³/mol. The van der Waals surface area contributed by atoms with E-state index < -0.39 is 55.0 Å². The Balaban J connectivity index is 1.61. The summed E-state index contributed by atoms with van der Waals surface area (Å²) in [6.07, 6.45) is -1.61. The van der Waals surface area contributed by atoms with Gasteiger partial charge >= 0.3 is 18.1 Å². The smallest absolute Gasteiger partial charge is 0.490 e. The van der Waals surface area contributed by atoms with Crippen LogP contribution in [0.1, 0.15) is 44.1 Å². The number of fused-ring (bicyclic) bond motifs is 1. The van der Waals surface area contributed by atoms with Crippen LogP contribution in [0.25, 0.3) is 10.8 Å². The second kappa shape index (κ2) is 13.6. The number of halogens is 6. The first kappa shape index (κ1) is 35.0. The Hall–Kier alpha value is -3.34. The van der Waals surface area contributed by atoms with Crippen molar-refractivity contribution in [1.29, 1.82) is 0 Å². The van der Waals surface area contributed by atoms with Crippen molar-refractivity contribution < 1.29 is 49.5 Å². The number of nitrogens with zero attached hydrogens (tertiary/aromatic N) is 2. The Bertz CT molecular complexity index is 1730. The molecule has 0 spiro atoms. The Morgan fingerprint density at radius 3 is 2.11 bits per heavy atom. The van der Waals surface area contributed by atoms with Crippen molar-refractivity contribution in [2.24, 2.45) is 5.73 Å². The lowest BCUT2D eigenvalue weighted by molar-refractivity contribution is -0.239. The maximum absolute atomic E-state index is 16.5. The van der Waals surface area contributed by atoms with Gasteiger partial charge in [-0.2, -0.15) is 22.0 Å². The van der Waals surface area contributed by atoms with Gasteiger partial charge in [-0.05, 0) is 90.2 Å². The van der Waals surface area contributed by atoms with Crippen molar-refractivity contribution in [2.45, 2.75) is 73.7 Å². The minimum absolute atomic E-state index is 0.0292. The second-order valence-electron chi connectivity index (χ2n) is 11.5. The van der Waals surface area contributed by atoms with Crippen molar-refractivity contribution >= 4 is 48.6 Å². The van der Waals surface area contributed by atoms with Gasteiger partial charge in [-0.25, -0.2) is 13.2 Å². The fourth-order valence-electron chi connectivity index (χ4n) is 5.61. The number of hydrogen-bond donors (Lipinski definition) is 1. The van der Waals surface area contributed by atoms with Crippen LogP contribution in [0, 0.1) is 0 Å². The van der Waals surface area contributed by atoms with Crippen LogP contribution in [0.3, 0.4) is 0 Å². The predicted octanol–water partition coefficient (Wildman–Crippen LogP) is 6.05. The zero-order valence-corrected chi connectivity index (χ0v) is 27.2. The topological polar surface area (TPSA) is 119 Å². The van der Waals surface area contributed by atoms with Crippen molar-refractivity contribution in [2.75, 3.05) is 13.1 Å². The van der Waals surface area contributed by atoms with E-state index in [1.54, 1.807) is 12.1 Å². The summed E-state index contributed by atoms with van der Waals surface area (Å²) in [4.78, 5) is 30.3. The van der Waals surface area contributed by atoms with Gasteiger partial charge in [0.2, 0.25) is 6.04 Å². The van der Waals surface area contributed by atoms with Gasteiger partial charge in [0.05, 0.1) is 11.0 Å². The van der Waals surface area contributed by atoms with E-state index in [2.05, 4.69) is 20.8 Å². The lowest BCUT2D eigenvalue weighted by Gasteiger charge is -2.38. The number of benzene rings is 3. The average molecular weight is 749 g/mol. The van der Waals surface area contributed by atoms with E-state index in [1.165, 1.54) is 24.3 Å². The zero-order valence-electron chi connectivity index (χ0n) is 24.8. The normalized spacial score (nSPS) is 17.7. The first-order valence-corrected chi connectivity index (χ1v) is 17.0. The summed E-state index contributed by atoms with van der Waals surface area (Å²) in [7, 11) is -5.57. The number of hydroxylamine groups is 1. The summed E-state index contributed by atoms with van der Waals surface area (Å²) in [6, 6.07) is 8.47. The van der Waals surface area contributed by atoms with Crippen LogP contribution < -0.4 is 10.5 Å². The molecule has 1 aliphatic carbocycles. The quantitative estimate of drug-likeness (QED) is 0.209. The lowest BCUT2D eigenvalue weighted by atomic mass is 9.98. The van der Waals surface area contributed by atoms with Crippen LogP contribution in [0.5, 0.6) is 5.75 Å². The number of piperidine rings is 1. The van der Waals surface area contributed by atoms with E-state index in [-0.39, 0.29) is 43.5 Å². The van der Waals surface area contributed by atoms with Crippen molar-refractivity contribution in [3.8, 4) is 5.75 Å². The average Bonchev–Trinajstić information content (AvgIpc) is 3.53. The van der Waals surface area contributed by atoms with E-state index in [4.69, 9.17) is 10.5 Å². The molecule has 2 fully saturated rings. The second-order valence-corrected chi connectivity index (χ2v) is 14.2. The third-order valence-electron chi connectivity index (χ3n) is 8.20. The first-order valence-electron chi connectivity index (χ1n) is 14.8. The summed E-state index contributed by atoms with van der Waals surface area (Å²) < 4.78 is 107. The van der Waals surface area contributed by atoms with Gasteiger partial charge in [0.15, 0.2) is 0 Å². The van der Waals surface area contributed by atoms with Crippen molar-refractivity contribution in [1.82, 2.24) is 9.37 Å². The van der Waals surface area contributed by atoms with Crippen molar-refractivity contribution in [3.05, 3.63) is 70.7 Å². The molecule has 47 heavy (non-hydrogen) atoms. The number of alkyl halides is 5. The van der Waals surface area contributed by atoms with E-state index in [0.717, 1.165) is 54.8 Å². The van der Waals surface area contributed by atoms with Crippen LogP contribution in [0.15, 0.2) is 70.0 Å². The van der Waals surface area contributed by atoms with Gasteiger partial charge in [0.25, 0.3) is 15.9 Å². The van der Waals surface area contributed by atoms with E-state index in [0.29, 0.717) is 15.6 Å². The molecule has 0 bridgehead atoms. The number of rotatable bonds is 9. The molecule has 16 heteroatoms. The number of carbonyl (C=O) groups excluding carboxylic acids is 2. The molecule has 1 aliphatic heterocycles. The maximum atomic E-state index is 16.5. The Morgan fingerprint density at radius 1 is 0.894 bits per heavy atom. The molecular weight excluding hydrogens is 717 g/mol. The summed E-state index contributed by atoms with van der Waals surface area (Å²) in [6.45, 7) is -0.371. The Labute approximate surface area is 275 Å². The molecule has 254 valence electrons. The van der Waals surface area contributed by atoms with Gasteiger partial charge in [0.1, 0.15) is 5.75 Å². The highest BCUT2D eigenvalue weighted by Gasteiger charge is 2.58. The largest absolute Gasteiger partial charge is 0.492 e. The summed E-state index contributed by atoms with van der Waals surface area (Å²) in [5.74, 6) is -8.67. The number of likely N-dealkylation sites (tertiary alicyclic amines) is 1. The molecule has 1 amide bonds. The van der Waals surface area contributed by atoms with E-state index in [9.17, 15) is 31.2 Å². The van der Waals surface area contributed by atoms with Crippen LogP contribution in [0.4, 0.5) is 22.0 Å². The number of sulfonamides is 1. The Morgan fingerprint density at radius 2 is 1.49 bits per heavy atom. The molecule has 3 aromatic rings. The highest BCUT2D eigenvalue weighted by atomic mass is 79.9. The molecule has 1 saturated heterocycles. The van der Waals surface area contributed by atoms with Crippen LogP contribution in [-0.2, 0) is 30.4 Å². The fraction of sp³-hybridized carbons (Fsp3) is 0.419. The third-order valence-corrected chi connectivity index (χ3v) is 10.3. The minimum Gasteiger partial charge on any atom is -0.490 e. The number of hydrogen-bond acceptors (Lipinski definition) is 7. The maximum Gasteiger partial charge on any atom is 0.492 e. The van der Waals surface area contributed by atoms with Gasteiger partial charge in [-0.3, -0.25) is 4.79 Å². The number of amides is 1. The molecule has 5 rings (SSSR count). The molecule has 3 aromatic carbocycles. The highest BCUT2D eigenvalue weighted by molar-refractivity contribution is 9.10. The zero-order chi connectivity index (χ0) is 34.1. The molecule has 2 aliphatic rings. The van der Waals surface area contributed by atoms with Gasteiger partial charge in [-0.1, -0.05) is 40.2 Å². The van der Waals surface area contributed by atoms with Crippen LogP contribution in [-0.4, -0.2) is 67.1 Å². The molecule has 1 atom stereocenters. The third kappa shape index (κ3) is 7.71. The van der Waals surface area contributed by atoms with Crippen LogP contribution >= 0.6 is 15.9 Å². The first-order chi connectivity index (χ1) is 22.1. The molecule has 1 heterocycles. The van der Waals surface area contributed by atoms with Crippen molar-refractivity contribution in [3.63, 3.8) is 0 Å². The number of nitrogens with two attached hydrogens (primary N) is 1. The number of carbonyl (C=O) groups is 2. The molecule has 2 N–H and O–H groups in total. The summed E-state index contributed by atoms with van der Waals surface area (Å²) in [5.41, 5.74) is 4.97. The van der Waals surface area contributed by atoms with Gasteiger partial charge < -0.3 is 20.2 Å². The molecule has 1 saturated carbocycles. The summed E-state index contributed by atoms with van der Waals surface area (Å²) >= 11 is 3.10. The minimum atomic E-state index is -5.80. The van der Waals surface area contributed by atoms with Gasteiger partial charge in [0, 0.05) is 29.2 Å². The van der Waals surface area contributed by atoms with Gasteiger partial charge in [-0.15, -0.1) is 0 Å². The molecule has 0 unspecified atom stereocenters. The Kier molecular flexibility index (Phi) is 10.2. The van der Waals surface area contributed by atoms with E-state index in [1.807, 2.05) is 0 Å². The fourth-order valence-corrected chi connectivity index (χ4v) is 7.27.